The van der Waals surface area contributed by atoms with Crippen molar-refractivity contribution in [2.24, 2.45) is 0 Å². The molecule has 1 N–H and O–H groups in total. The molecule has 122 valence electrons. The van der Waals surface area contributed by atoms with E-state index in [2.05, 4.69) is 21.2 Å². The van der Waals surface area contributed by atoms with Gasteiger partial charge in [0.05, 0.1) is 5.56 Å². The number of rotatable bonds is 1. The lowest BCUT2D eigenvalue weighted by atomic mass is 9.96. The van der Waals surface area contributed by atoms with Gasteiger partial charge in [-0.2, -0.15) is 0 Å². The fourth-order valence-electron chi connectivity index (χ4n) is 3.71. The van der Waals surface area contributed by atoms with Gasteiger partial charge in [0.1, 0.15) is 16.9 Å². The van der Waals surface area contributed by atoms with Gasteiger partial charge < -0.3 is 14.5 Å². The summed E-state index contributed by atoms with van der Waals surface area (Å²) in [5.41, 5.74) is 1.98. The first-order valence-electron chi connectivity index (χ1n) is 8.06. The van der Waals surface area contributed by atoms with Crippen molar-refractivity contribution < 1.29 is 13.9 Å². The molecule has 4 rings (SSSR count). The summed E-state index contributed by atoms with van der Waals surface area (Å²) in [6.45, 7) is 5.65. The van der Waals surface area contributed by atoms with Crippen molar-refractivity contribution in [3.63, 3.8) is 0 Å². The van der Waals surface area contributed by atoms with Crippen molar-refractivity contribution >= 4 is 32.9 Å². The van der Waals surface area contributed by atoms with Gasteiger partial charge in [0, 0.05) is 33.9 Å². The molecule has 2 aliphatic rings. The minimum absolute atomic E-state index is 0.285. The fourth-order valence-corrected chi connectivity index (χ4v) is 4.15. The molecule has 0 spiro atoms. The average molecular weight is 378 g/mol. The first kappa shape index (κ1) is 15.2. The molecule has 23 heavy (non-hydrogen) atoms. The van der Waals surface area contributed by atoms with Crippen LogP contribution in [0.25, 0.3) is 11.0 Å². The van der Waals surface area contributed by atoms with Crippen molar-refractivity contribution in [1.29, 1.82) is 0 Å². The second kappa shape index (κ2) is 5.08. The smallest absolute Gasteiger partial charge is 0.339 e. The second-order valence-corrected chi connectivity index (χ2v) is 8.38. The Hall–Kier alpha value is -1.33. The molecule has 2 atom stereocenters. The molecule has 0 radical (unpaired) electrons. The largest absolute Gasteiger partial charge is 0.461 e. The Kier molecular flexibility index (Phi) is 3.36. The topological polar surface area (TPSA) is 51.5 Å². The molecule has 5 heteroatoms. The predicted molar refractivity (Wildman–Crippen MR) is 91.7 cm³/mol. The summed E-state index contributed by atoms with van der Waals surface area (Å²) in [5, 5.41) is 4.54. The SMILES string of the molecule is CC(C)(C)OC(=O)c1cc(Br)cc2oc3c(c12)C1CCC(C3)N1. The summed E-state index contributed by atoms with van der Waals surface area (Å²) in [6.07, 6.45) is 3.15. The number of nitrogens with one attached hydrogen (secondary N) is 1. The molecule has 2 aliphatic heterocycles. The number of halogens is 1. The summed E-state index contributed by atoms with van der Waals surface area (Å²) < 4.78 is 12.5. The van der Waals surface area contributed by atoms with E-state index in [0.29, 0.717) is 11.6 Å². The van der Waals surface area contributed by atoms with Crippen LogP contribution in [-0.4, -0.2) is 17.6 Å². The van der Waals surface area contributed by atoms with Crippen LogP contribution in [0.3, 0.4) is 0 Å². The predicted octanol–water partition coefficient (Wildman–Crippen LogP) is 4.50. The lowest BCUT2D eigenvalue weighted by Gasteiger charge is -2.22. The Balaban J connectivity index is 1.90. The van der Waals surface area contributed by atoms with E-state index in [1.807, 2.05) is 32.9 Å². The number of ether oxygens (including phenoxy) is 1. The van der Waals surface area contributed by atoms with E-state index in [4.69, 9.17) is 9.15 Å². The van der Waals surface area contributed by atoms with Gasteiger partial charge in [0.15, 0.2) is 0 Å². The number of hydrogen-bond acceptors (Lipinski definition) is 4. The summed E-state index contributed by atoms with van der Waals surface area (Å²) in [5.74, 6) is 0.724. The monoisotopic (exact) mass is 377 g/mol. The molecular weight excluding hydrogens is 358 g/mol. The summed E-state index contributed by atoms with van der Waals surface area (Å²) >= 11 is 3.48. The minimum atomic E-state index is -0.522. The van der Waals surface area contributed by atoms with Crippen LogP contribution in [0.5, 0.6) is 0 Å². The molecule has 1 fully saturated rings. The van der Waals surface area contributed by atoms with Gasteiger partial charge in [-0.3, -0.25) is 0 Å². The maximum atomic E-state index is 12.7. The molecule has 1 aromatic carbocycles. The Morgan fingerprint density at radius 1 is 1.35 bits per heavy atom. The molecule has 0 aliphatic carbocycles. The number of furan rings is 1. The molecule has 3 heterocycles. The summed E-state index contributed by atoms with van der Waals surface area (Å²) in [7, 11) is 0. The lowest BCUT2D eigenvalue weighted by molar-refractivity contribution is 0.00716. The van der Waals surface area contributed by atoms with E-state index in [1.54, 1.807) is 0 Å². The highest BCUT2D eigenvalue weighted by molar-refractivity contribution is 9.10. The van der Waals surface area contributed by atoms with Crippen LogP contribution in [0.15, 0.2) is 21.0 Å². The number of hydrogen-bond donors (Lipinski definition) is 1. The van der Waals surface area contributed by atoms with Gasteiger partial charge in [-0.1, -0.05) is 15.9 Å². The Morgan fingerprint density at radius 2 is 2.13 bits per heavy atom. The number of fused-ring (bicyclic) bond motifs is 6. The van der Waals surface area contributed by atoms with Crippen molar-refractivity contribution in [2.45, 2.75) is 57.7 Å². The third-order valence-electron chi connectivity index (χ3n) is 4.51. The first-order chi connectivity index (χ1) is 10.8. The number of carbonyl (C=O) groups excluding carboxylic acids is 1. The molecule has 2 aromatic rings. The van der Waals surface area contributed by atoms with Crippen LogP contribution >= 0.6 is 15.9 Å². The van der Waals surface area contributed by atoms with Gasteiger partial charge >= 0.3 is 5.97 Å². The summed E-state index contributed by atoms with van der Waals surface area (Å²) in [6, 6.07) is 4.57. The van der Waals surface area contributed by atoms with Gasteiger partial charge in [-0.05, 0) is 45.7 Å². The maximum absolute atomic E-state index is 12.7. The molecule has 0 amide bonds. The maximum Gasteiger partial charge on any atom is 0.339 e. The molecule has 2 bridgehead atoms. The molecule has 1 aromatic heterocycles. The number of carbonyl (C=O) groups is 1. The van der Waals surface area contributed by atoms with Gasteiger partial charge in [-0.25, -0.2) is 4.79 Å². The summed E-state index contributed by atoms with van der Waals surface area (Å²) in [4.78, 5) is 12.7. The van der Waals surface area contributed by atoms with Gasteiger partial charge in [0.25, 0.3) is 0 Å². The zero-order chi connectivity index (χ0) is 16.4. The van der Waals surface area contributed by atoms with Crippen LogP contribution in [0.2, 0.25) is 0 Å². The third-order valence-corrected chi connectivity index (χ3v) is 4.97. The standard InChI is InChI=1S/C18H20BrNO3/c1-18(2,3)23-17(21)11-6-9(19)7-13-15(11)16-12-5-4-10(20-12)8-14(16)22-13/h6-7,10,12,20H,4-5,8H2,1-3H3. The Morgan fingerprint density at radius 3 is 2.87 bits per heavy atom. The zero-order valence-corrected chi connectivity index (χ0v) is 15.1. The van der Waals surface area contributed by atoms with Crippen molar-refractivity contribution in [3.05, 3.63) is 33.5 Å². The highest BCUT2D eigenvalue weighted by Gasteiger charge is 2.37. The van der Waals surface area contributed by atoms with Crippen LogP contribution < -0.4 is 5.32 Å². The van der Waals surface area contributed by atoms with E-state index >= 15 is 0 Å². The highest BCUT2D eigenvalue weighted by atomic mass is 79.9. The van der Waals surface area contributed by atoms with Crippen molar-refractivity contribution in [2.75, 3.05) is 0 Å². The molecule has 0 saturated carbocycles. The van der Waals surface area contributed by atoms with E-state index in [-0.39, 0.29) is 12.0 Å². The molecule has 4 nitrogen and oxygen atoms in total. The normalized spacial score (nSPS) is 23.1. The van der Waals surface area contributed by atoms with E-state index in [1.165, 1.54) is 0 Å². The van der Waals surface area contributed by atoms with Crippen LogP contribution in [0.4, 0.5) is 0 Å². The second-order valence-electron chi connectivity index (χ2n) is 7.46. The third kappa shape index (κ3) is 2.60. The molecular formula is C18H20BrNO3. The highest BCUT2D eigenvalue weighted by Crippen LogP contribution is 2.43. The van der Waals surface area contributed by atoms with E-state index in [9.17, 15) is 4.79 Å². The van der Waals surface area contributed by atoms with Crippen molar-refractivity contribution in [3.8, 4) is 0 Å². The van der Waals surface area contributed by atoms with E-state index < -0.39 is 5.60 Å². The van der Waals surface area contributed by atoms with Crippen LogP contribution in [0.1, 0.15) is 61.3 Å². The van der Waals surface area contributed by atoms with Crippen LogP contribution in [-0.2, 0) is 11.2 Å². The quantitative estimate of drug-likeness (QED) is 0.743. The zero-order valence-electron chi connectivity index (χ0n) is 13.5. The van der Waals surface area contributed by atoms with Gasteiger partial charge in [0.2, 0.25) is 0 Å². The minimum Gasteiger partial charge on any atom is -0.461 e. The van der Waals surface area contributed by atoms with Gasteiger partial charge in [-0.15, -0.1) is 0 Å². The molecule has 2 unspecified atom stereocenters. The average Bonchev–Trinajstić information content (AvgIpc) is 2.97. The number of benzene rings is 1. The van der Waals surface area contributed by atoms with Crippen molar-refractivity contribution in [1.82, 2.24) is 5.32 Å². The molecule has 1 saturated heterocycles. The number of esters is 1. The fraction of sp³-hybridized carbons (Fsp3) is 0.500. The Labute approximate surface area is 143 Å². The lowest BCUT2D eigenvalue weighted by Crippen LogP contribution is -2.31. The van der Waals surface area contributed by atoms with Crippen LogP contribution in [0, 0.1) is 0 Å². The first-order valence-corrected chi connectivity index (χ1v) is 8.85. The van der Waals surface area contributed by atoms with E-state index in [0.717, 1.165) is 46.0 Å². The Bertz CT molecular complexity index is 803.